The van der Waals surface area contributed by atoms with Crippen LogP contribution in [-0.4, -0.2) is 61.6 Å². The van der Waals surface area contributed by atoms with Crippen LogP contribution in [0, 0.1) is 0 Å². The molecular formula is C28H31N5O3S3. The Morgan fingerprint density at radius 3 is 2.72 bits per heavy atom. The molecule has 5 rings (SSSR count). The van der Waals surface area contributed by atoms with Gasteiger partial charge < -0.3 is 14.6 Å². The molecule has 0 amide bonds. The van der Waals surface area contributed by atoms with Gasteiger partial charge in [-0.3, -0.25) is 9.29 Å². The number of thiophene rings is 1. The molecule has 0 unspecified atom stereocenters. The fourth-order valence-electron chi connectivity index (χ4n) is 4.35. The van der Waals surface area contributed by atoms with Crippen molar-refractivity contribution in [3.05, 3.63) is 82.9 Å². The molecule has 5 aromatic rings. The standard InChI is InChI=1S/C28H31N5O3S3/c1-3-36-16-15-33(39(34,35)26-11-7-17-37-26)25-10-6-8-21-18-24(31-27(21)25)28-30-19-23(38-28)20-32(2)14-12-22-9-4-5-13-29-22/h4-11,13,17-19,31H,3,12,14-16,20H2,1-2H3. The summed E-state index contributed by atoms with van der Waals surface area (Å²) in [5, 5.41) is 3.57. The van der Waals surface area contributed by atoms with Crippen molar-refractivity contribution in [2.75, 3.05) is 37.7 Å². The van der Waals surface area contributed by atoms with Crippen LogP contribution < -0.4 is 4.31 Å². The summed E-state index contributed by atoms with van der Waals surface area (Å²) in [6, 6.07) is 17.1. The zero-order valence-corrected chi connectivity index (χ0v) is 24.4. The number of benzene rings is 1. The summed E-state index contributed by atoms with van der Waals surface area (Å²) in [4.78, 5) is 16.0. The number of rotatable bonds is 13. The average Bonchev–Trinajstić information content (AvgIpc) is 3.71. The third-order valence-electron chi connectivity index (χ3n) is 6.27. The number of likely N-dealkylation sites (N-methyl/N-ethyl adjacent to an activating group) is 1. The minimum atomic E-state index is -3.74. The summed E-state index contributed by atoms with van der Waals surface area (Å²) >= 11 is 2.85. The van der Waals surface area contributed by atoms with Gasteiger partial charge in [0, 0.05) is 54.5 Å². The van der Waals surface area contributed by atoms with Crippen molar-refractivity contribution in [1.29, 1.82) is 0 Å². The van der Waals surface area contributed by atoms with Crippen LogP contribution in [0.1, 0.15) is 17.5 Å². The van der Waals surface area contributed by atoms with Gasteiger partial charge in [0.2, 0.25) is 0 Å². The molecule has 8 nitrogen and oxygen atoms in total. The molecule has 0 aliphatic carbocycles. The summed E-state index contributed by atoms with van der Waals surface area (Å²) in [5.74, 6) is 0. The second kappa shape index (κ2) is 12.4. The highest BCUT2D eigenvalue weighted by molar-refractivity contribution is 7.94. The minimum Gasteiger partial charge on any atom is -0.380 e. The summed E-state index contributed by atoms with van der Waals surface area (Å²) in [6.45, 7) is 4.63. The number of aromatic nitrogens is 3. The highest BCUT2D eigenvalue weighted by Gasteiger charge is 2.28. The Morgan fingerprint density at radius 1 is 1.05 bits per heavy atom. The van der Waals surface area contributed by atoms with Crippen LogP contribution >= 0.6 is 22.7 Å². The van der Waals surface area contributed by atoms with E-state index in [2.05, 4.69) is 26.9 Å². The fraction of sp³-hybridized carbons (Fsp3) is 0.286. The summed E-state index contributed by atoms with van der Waals surface area (Å²) in [7, 11) is -1.64. The van der Waals surface area contributed by atoms with Crippen LogP contribution in [0.5, 0.6) is 0 Å². The van der Waals surface area contributed by atoms with Gasteiger partial charge in [0.25, 0.3) is 10.0 Å². The lowest BCUT2D eigenvalue weighted by atomic mass is 10.2. The molecule has 1 aromatic carbocycles. The molecule has 0 radical (unpaired) electrons. The van der Waals surface area contributed by atoms with Crippen molar-refractivity contribution >= 4 is 49.3 Å². The fourth-order valence-corrected chi connectivity index (χ4v) is 7.87. The van der Waals surface area contributed by atoms with Gasteiger partial charge in [-0.25, -0.2) is 13.4 Å². The number of para-hydroxylation sites is 1. The van der Waals surface area contributed by atoms with Crippen molar-refractivity contribution in [1.82, 2.24) is 19.9 Å². The Balaban J connectivity index is 1.38. The Bertz CT molecular complexity index is 1600. The molecule has 1 N–H and O–H groups in total. The second-order valence-corrected chi connectivity index (χ2v) is 13.2. The van der Waals surface area contributed by atoms with Crippen LogP contribution in [0.3, 0.4) is 0 Å². The van der Waals surface area contributed by atoms with Crippen molar-refractivity contribution in [3.8, 4) is 10.7 Å². The van der Waals surface area contributed by atoms with Gasteiger partial charge in [-0.15, -0.1) is 22.7 Å². The number of sulfonamides is 1. The maximum atomic E-state index is 13.6. The molecule has 0 atom stereocenters. The number of aromatic amines is 1. The van der Waals surface area contributed by atoms with Crippen molar-refractivity contribution < 1.29 is 13.2 Å². The van der Waals surface area contributed by atoms with E-state index in [-0.39, 0.29) is 6.54 Å². The normalized spacial score (nSPS) is 12.0. The first-order valence-corrected chi connectivity index (χ1v) is 15.9. The lowest BCUT2D eigenvalue weighted by molar-refractivity contribution is 0.156. The van der Waals surface area contributed by atoms with E-state index in [1.165, 1.54) is 15.6 Å². The van der Waals surface area contributed by atoms with Crippen molar-refractivity contribution in [3.63, 3.8) is 0 Å². The number of nitrogens with one attached hydrogen (secondary N) is 1. The SMILES string of the molecule is CCOCCN(c1cccc2cc(-c3ncc(CN(C)CCc4ccccn4)s3)[nH]c12)S(=O)(=O)c1cccs1. The monoisotopic (exact) mass is 581 g/mol. The smallest absolute Gasteiger partial charge is 0.273 e. The third kappa shape index (κ3) is 6.39. The Labute approximate surface area is 237 Å². The number of pyridine rings is 1. The zero-order valence-electron chi connectivity index (χ0n) is 21.9. The second-order valence-electron chi connectivity index (χ2n) is 9.07. The van der Waals surface area contributed by atoms with Gasteiger partial charge in [0.1, 0.15) is 9.22 Å². The highest BCUT2D eigenvalue weighted by atomic mass is 32.2. The zero-order chi connectivity index (χ0) is 27.2. The van der Waals surface area contributed by atoms with Gasteiger partial charge in [-0.2, -0.15) is 0 Å². The molecule has 4 heterocycles. The summed E-state index contributed by atoms with van der Waals surface area (Å²) in [6.07, 6.45) is 4.63. The maximum absolute atomic E-state index is 13.6. The molecule has 0 saturated carbocycles. The predicted molar refractivity (Wildman–Crippen MR) is 159 cm³/mol. The third-order valence-corrected chi connectivity index (χ3v) is 10.5. The summed E-state index contributed by atoms with van der Waals surface area (Å²) in [5.41, 5.74) is 3.30. The Kier molecular flexibility index (Phi) is 8.73. The van der Waals surface area contributed by atoms with E-state index in [9.17, 15) is 8.42 Å². The molecular weight excluding hydrogens is 551 g/mol. The molecule has 204 valence electrons. The van der Waals surface area contributed by atoms with E-state index in [0.717, 1.165) is 51.7 Å². The highest BCUT2D eigenvalue weighted by Crippen LogP contribution is 2.35. The quantitative estimate of drug-likeness (QED) is 0.181. The van der Waals surface area contributed by atoms with Crippen molar-refractivity contribution in [2.45, 2.75) is 24.1 Å². The van der Waals surface area contributed by atoms with E-state index in [0.29, 0.717) is 23.1 Å². The lowest BCUT2D eigenvalue weighted by Crippen LogP contribution is -2.34. The van der Waals surface area contributed by atoms with Gasteiger partial charge in [-0.1, -0.05) is 24.3 Å². The minimum absolute atomic E-state index is 0.216. The van der Waals surface area contributed by atoms with E-state index in [4.69, 9.17) is 4.74 Å². The van der Waals surface area contributed by atoms with E-state index in [1.807, 2.05) is 61.8 Å². The van der Waals surface area contributed by atoms with Gasteiger partial charge in [0.05, 0.1) is 30.0 Å². The van der Waals surface area contributed by atoms with E-state index in [1.54, 1.807) is 28.8 Å². The lowest BCUT2D eigenvalue weighted by Gasteiger charge is -2.24. The molecule has 0 aliphatic rings. The number of nitrogens with zero attached hydrogens (tertiary/aromatic N) is 4. The van der Waals surface area contributed by atoms with Crippen molar-refractivity contribution in [2.24, 2.45) is 0 Å². The number of ether oxygens (including phenoxy) is 1. The first-order valence-electron chi connectivity index (χ1n) is 12.7. The first kappa shape index (κ1) is 27.5. The number of H-pyrrole nitrogens is 1. The molecule has 39 heavy (non-hydrogen) atoms. The van der Waals surface area contributed by atoms with Gasteiger partial charge in [0.15, 0.2) is 0 Å². The number of hydrogen-bond acceptors (Lipinski definition) is 8. The van der Waals surface area contributed by atoms with Crippen LogP contribution in [0.25, 0.3) is 21.6 Å². The molecule has 11 heteroatoms. The number of anilines is 1. The van der Waals surface area contributed by atoms with Crippen LogP contribution in [-0.2, 0) is 27.7 Å². The van der Waals surface area contributed by atoms with Crippen LogP contribution in [0.2, 0.25) is 0 Å². The topological polar surface area (TPSA) is 91.4 Å². The van der Waals surface area contributed by atoms with E-state index < -0.39 is 10.0 Å². The molecule has 4 aromatic heterocycles. The maximum Gasteiger partial charge on any atom is 0.273 e. The first-order chi connectivity index (χ1) is 19.0. The largest absolute Gasteiger partial charge is 0.380 e. The van der Waals surface area contributed by atoms with Gasteiger partial charge >= 0.3 is 0 Å². The van der Waals surface area contributed by atoms with Crippen LogP contribution in [0.15, 0.2) is 76.6 Å². The van der Waals surface area contributed by atoms with Crippen LogP contribution in [0.4, 0.5) is 5.69 Å². The number of thiazole rings is 1. The molecule has 0 fully saturated rings. The molecule has 0 spiro atoms. The number of hydrogen-bond donors (Lipinski definition) is 1. The molecule has 0 bridgehead atoms. The average molecular weight is 582 g/mol. The Morgan fingerprint density at radius 2 is 1.95 bits per heavy atom. The molecule has 0 saturated heterocycles. The van der Waals surface area contributed by atoms with E-state index >= 15 is 0 Å². The van der Waals surface area contributed by atoms with Gasteiger partial charge in [-0.05, 0) is 49.7 Å². The summed E-state index contributed by atoms with van der Waals surface area (Å²) < 4.78 is 34.5. The predicted octanol–water partition coefficient (Wildman–Crippen LogP) is 5.65. The molecule has 0 aliphatic heterocycles. The number of fused-ring (bicyclic) bond motifs is 1. The Hall–Kier alpha value is -3.09.